The molecule has 104 valence electrons. The largest absolute Gasteiger partial charge is 0.433 e. The summed E-state index contributed by atoms with van der Waals surface area (Å²) >= 11 is 0. The lowest BCUT2D eigenvalue weighted by atomic mass is 10.2. The highest BCUT2D eigenvalue weighted by atomic mass is 33.1. The monoisotopic (exact) mass is 317 g/mol. The molecule has 1 aliphatic rings. The van der Waals surface area contributed by atoms with Crippen LogP contribution in [-0.2, 0) is 0 Å². The molecule has 1 aromatic carbocycles. The fourth-order valence-corrected chi connectivity index (χ4v) is 4.01. The van der Waals surface area contributed by atoms with Crippen molar-refractivity contribution < 1.29 is 26.3 Å². The molecule has 0 spiro atoms. The number of hydrogen-bond donors (Lipinski definition) is 0. The summed E-state index contributed by atoms with van der Waals surface area (Å²) in [6, 6.07) is 7.47. The van der Waals surface area contributed by atoms with E-state index in [-0.39, 0.29) is 21.4 Å². The molecule has 1 nitrogen and oxygen atoms in total. The summed E-state index contributed by atoms with van der Waals surface area (Å²) in [4.78, 5) is -1.16. The lowest BCUT2D eigenvalue weighted by Gasteiger charge is -2.28. The van der Waals surface area contributed by atoms with Crippen LogP contribution in [0.5, 0.6) is 0 Å². The molecule has 2 rings (SSSR count). The average molecular weight is 317 g/mol. The maximum Gasteiger partial charge on any atom is 0.433 e. The van der Waals surface area contributed by atoms with E-state index in [1.165, 1.54) is 24.3 Å². The highest BCUT2D eigenvalue weighted by Gasteiger charge is 2.74. The van der Waals surface area contributed by atoms with E-state index >= 15 is 0 Å². The summed E-state index contributed by atoms with van der Waals surface area (Å²) in [5.41, 5.74) is 0.232. The van der Waals surface area contributed by atoms with E-state index in [0.29, 0.717) is 10.8 Å². The quantitative estimate of drug-likeness (QED) is 0.552. The van der Waals surface area contributed by atoms with E-state index in [1.54, 1.807) is 6.07 Å². The van der Waals surface area contributed by atoms with Crippen molar-refractivity contribution in [2.45, 2.75) is 17.2 Å². The van der Waals surface area contributed by atoms with E-state index in [9.17, 15) is 26.3 Å². The van der Waals surface area contributed by atoms with Crippen LogP contribution in [0.2, 0.25) is 0 Å². The van der Waals surface area contributed by atoms with Crippen LogP contribution in [0.25, 0.3) is 0 Å². The van der Waals surface area contributed by atoms with Gasteiger partial charge >= 0.3 is 17.2 Å². The lowest BCUT2D eigenvalue weighted by Crippen LogP contribution is -2.51. The molecule has 0 fully saturated rings. The minimum absolute atomic E-state index is 0.232. The van der Waals surface area contributed by atoms with Crippen LogP contribution in [0.3, 0.4) is 0 Å². The second-order valence-electron chi connectivity index (χ2n) is 3.59. The van der Waals surface area contributed by atoms with Crippen molar-refractivity contribution in [2.24, 2.45) is 4.99 Å². The Morgan fingerprint density at radius 3 is 1.84 bits per heavy atom. The first-order chi connectivity index (χ1) is 8.67. The molecule has 0 atom stereocenters. The zero-order chi connectivity index (χ0) is 14.3. The predicted molar refractivity (Wildman–Crippen MR) is 63.0 cm³/mol. The van der Waals surface area contributed by atoms with Gasteiger partial charge in [-0.1, -0.05) is 30.3 Å². The van der Waals surface area contributed by atoms with Crippen molar-refractivity contribution in [1.29, 1.82) is 0 Å². The first-order valence-corrected chi connectivity index (χ1v) is 6.97. The Bertz CT molecular complexity index is 479. The molecule has 0 aromatic heterocycles. The average Bonchev–Trinajstić information content (AvgIpc) is 2.75. The zero-order valence-electron chi connectivity index (χ0n) is 8.92. The molecule has 19 heavy (non-hydrogen) atoms. The van der Waals surface area contributed by atoms with E-state index in [0.717, 1.165) is 0 Å². The molecule has 1 aromatic rings. The van der Waals surface area contributed by atoms with Crippen LogP contribution in [0.1, 0.15) is 5.56 Å². The molecule has 0 N–H and O–H groups in total. The van der Waals surface area contributed by atoms with Crippen molar-refractivity contribution in [3.63, 3.8) is 0 Å². The SMILES string of the molecule is FC(F)(F)C1(C(F)(F)F)N=C(c2ccccc2)SS1. The predicted octanol–water partition coefficient (Wildman–Crippen LogP) is 4.65. The Morgan fingerprint density at radius 2 is 1.42 bits per heavy atom. The minimum atomic E-state index is -5.50. The first kappa shape index (κ1) is 14.6. The number of aliphatic imine (C=N–C) groups is 1. The smallest absolute Gasteiger partial charge is 0.241 e. The third-order valence-corrected chi connectivity index (χ3v) is 5.10. The van der Waals surface area contributed by atoms with Gasteiger partial charge in [-0.3, -0.25) is 0 Å². The molecule has 0 radical (unpaired) electrons. The minimum Gasteiger partial charge on any atom is -0.241 e. The number of halogens is 6. The summed E-state index contributed by atoms with van der Waals surface area (Å²) in [5.74, 6) is 0. The third-order valence-electron chi connectivity index (χ3n) is 2.29. The molecule has 1 heterocycles. The fourth-order valence-electron chi connectivity index (χ4n) is 1.36. The maximum absolute atomic E-state index is 12.7. The van der Waals surface area contributed by atoms with Crippen LogP contribution in [0, 0.1) is 0 Å². The summed E-state index contributed by atoms with van der Waals surface area (Å²) in [7, 11) is 0.0524. The summed E-state index contributed by atoms with van der Waals surface area (Å²) < 4.78 is 76.4. The van der Waals surface area contributed by atoms with Gasteiger partial charge in [0, 0.05) is 5.56 Å². The topological polar surface area (TPSA) is 12.4 Å². The van der Waals surface area contributed by atoms with Gasteiger partial charge in [0.2, 0.25) is 0 Å². The van der Waals surface area contributed by atoms with Crippen LogP contribution in [0.15, 0.2) is 35.3 Å². The Kier molecular flexibility index (Phi) is 3.54. The van der Waals surface area contributed by atoms with Gasteiger partial charge in [0.25, 0.3) is 0 Å². The van der Waals surface area contributed by atoms with E-state index in [2.05, 4.69) is 4.99 Å². The van der Waals surface area contributed by atoms with Crippen LogP contribution in [0.4, 0.5) is 26.3 Å². The van der Waals surface area contributed by atoms with Crippen LogP contribution in [-0.4, -0.2) is 22.3 Å². The van der Waals surface area contributed by atoms with Gasteiger partial charge in [0.05, 0.1) is 0 Å². The van der Waals surface area contributed by atoms with E-state index < -0.39 is 17.2 Å². The van der Waals surface area contributed by atoms with Gasteiger partial charge in [0.1, 0.15) is 5.04 Å². The second kappa shape index (κ2) is 4.62. The third kappa shape index (κ3) is 2.45. The number of alkyl halides is 6. The van der Waals surface area contributed by atoms with Gasteiger partial charge < -0.3 is 0 Å². The molecule has 1 aliphatic heterocycles. The van der Waals surface area contributed by atoms with E-state index in [4.69, 9.17) is 0 Å². The Hall–Kier alpha value is -0.830. The Morgan fingerprint density at radius 1 is 0.895 bits per heavy atom. The van der Waals surface area contributed by atoms with E-state index in [1.807, 2.05) is 0 Å². The molecular weight excluding hydrogens is 312 g/mol. The Labute approximate surface area is 111 Å². The fraction of sp³-hybridized carbons (Fsp3) is 0.300. The molecular formula is C10H5F6NS2. The number of hydrogen-bond acceptors (Lipinski definition) is 3. The maximum atomic E-state index is 12.7. The summed E-state index contributed by atoms with van der Waals surface area (Å²) in [6.07, 6.45) is -11.0. The van der Waals surface area contributed by atoms with Gasteiger partial charge in [-0.05, 0) is 21.6 Å². The lowest BCUT2D eigenvalue weighted by molar-refractivity contribution is -0.261. The van der Waals surface area contributed by atoms with Crippen molar-refractivity contribution >= 4 is 26.6 Å². The first-order valence-electron chi connectivity index (χ1n) is 4.82. The van der Waals surface area contributed by atoms with Gasteiger partial charge in [-0.25, -0.2) is 4.99 Å². The van der Waals surface area contributed by atoms with Crippen LogP contribution >= 0.6 is 21.6 Å². The van der Waals surface area contributed by atoms with Crippen LogP contribution < -0.4 is 0 Å². The van der Waals surface area contributed by atoms with Crippen molar-refractivity contribution in [1.82, 2.24) is 0 Å². The molecule has 0 saturated carbocycles. The van der Waals surface area contributed by atoms with Crippen molar-refractivity contribution in [3.8, 4) is 0 Å². The number of nitrogens with zero attached hydrogens (tertiary/aromatic N) is 1. The van der Waals surface area contributed by atoms with Gasteiger partial charge in [-0.2, -0.15) is 26.3 Å². The Balaban J connectivity index is 2.48. The van der Waals surface area contributed by atoms with Crippen molar-refractivity contribution in [3.05, 3.63) is 35.9 Å². The highest BCUT2D eigenvalue weighted by Crippen LogP contribution is 2.61. The second-order valence-corrected chi connectivity index (χ2v) is 5.90. The summed E-state index contributed by atoms with van der Waals surface area (Å²) in [5, 5.41) is -0.278. The molecule has 0 amide bonds. The molecule has 9 heteroatoms. The standard InChI is InChI=1S/C10H5F6NS2/c11-9(12,13)8(10(14,15)16)17-7(18-19-8)6-4-2-1-3-5-6/h1-5H. The highest BCUT2D eigenvalue weighted by molar-refractivity contribution is 8.83. The number of benzene rings is 1. The molecule has 0 aliphatic carbocycles. The number of rotatable bonds is 1. The molecule has 0 bridgehead atoms. The zero-order valence-corrected chi connectivity index (χ0v) is 10.6. The normalized spacial score (nSPS) is 19.4. The van der Waals surface area contributed by atoms with Gasteiger partial charge in [0.15, 0.2) is 0 Å². The van der Waals surface area contributed by atoms with Crippen molar-refractivity contribution in [2.75, 3.05) is 0 Å². The molecule has 0 saturated heterocycles. The van der Waals surface area contributed by atoms with Gasteiger partial charge in [-0.15, -0.1) is 0 Å². The summed E-state index contributed by atoms with van der Waals surface area (Å²) in [6.45, 7) is 0. The molecule has 0 unspecified atom stereocenters.